The molecule has 1 aromatic carbocycles. The van der Waals surface area contributed by atoms with E-state index in [1.807, 2.05) is 58.3 Å². The second-order valence-corrected chi connectivity index (χ2v) is 8.69. The fourth-order valence-electron chi connectivity index (χ4n) is 4.44. The molecule has 1 unspecified atom stereocenters. The van der Waals surface area contributed by atoms with Crippen LogP contribution in [-0.4, -0.2) is 83.5 Å². The maximum atomic E-state index is 13.1. The summed E-state index contributed by atoms with van der Waals surface area (Å²) in [6.07, 6.45) is 1.13. The normalized spacial score (nSPS) is 21.5. The van der Waals surface area contributed by atoms with Crippen LogP contribution < -0.4 is 0 Å². The molecule has 7 nitrogen and oxygen atoms in total. The van der Waals surface area contributed by atoms with Crippen LogP contribution in [0.25, 0.3) is 5.69 Å². The number of aromatic nitrogens is 1. The second kappa shape index (κ2) is 11.1. The number of carbonyl (C=O) groups excluding carboxylic acids is 1. The molecule has 1 aromatic heterocycles. The molecule has 0 radical (unpaired) electrons. The van der Waals surface area contributed by atoms with Gasteiger partial charge in [-0.25, -0.2) is 4.79 Å². The van der Waals surface area contributed by atoms with Gasteiger partial charge in [-0.15, -0.1) is 0 Å². The van der Waals surface area contributed by atoms with Crippen LogP contribution >= 0.6 is 0 Å². The monoisotopic (exact) mass is 481 g/mol. The number of nitrogens with zero attached hydrogens (tertiary/aromatic N) is 3. The number of ether oxygens (including phenoxy) is 1. The summed E-state index contributed by atoms with van der Waals surface area (Å²) >= 11 is 0. The number of hydrogen-bond donors (Lipinski definition) is 1. The smallest absolute Gasteiger partial charge is 0.475 e. The van der Waals surface area contributed by atoms with Crippen molar-refractivity contribution < 1.29 is 32.6 Å². The minimum atomic E-state index is -5.08. The van der Waals surface area contributed by atoms with Crippen LogP contribution in [0.5, 0.6) is 0 Å². The van der Waals surface area contributed by atoms with E-state index in [9.17, 15) is 18.0 Å². The average Bonchev–Trinajstić information content (AvgIpc) is 3.28. The minimum Gasteiger partial charge on any atom is -0.475 e. The Morgan fingerprint density at radius 1 is 1.09 bits per heavy atom. The van der Waals surface area contributed by atoms with E-state index >= 15 is 0 Å². The van der Waals surface area contributed by atoms with Gasteiger partial charge in [-0.3, -0.25) is 4.79 Å². The predicted molar refractivity (Wildman–Crippen MR) is 120 cm³/mol. The molecule has 34 heavy (non-hydrogen) atoms. The lowest BCUT2D eigenvalue weighted by molar-refractivity contribution is -0.192. The predicted octanol–water partition coefficient (Wildman–Crippen LogP) is 3.69. The van der Waals surface area contributed by atoms with E-state index in [0.717, 1.165) is 70.0 Å². The number of rotatable bonds is 3. The molecule has 1 spiro atoms. The Balaban J connectivity index is 0.000000406. The van der Waals surface area contributed by atoms with Crippen molar-refractivity contribution in [2.75, 3.05) is 45.9 Å². The van der Waals surface area contributed by atoms with Gasteiger partial charge in [0, 0.05) is 55.2 Å². The van der Waals surface area contributed by atoms with E-state index in [0.29, 0.717) is 0 Å². The first-order chi connectivity index (χ1) is 16.1. The first kappa shape index (κ1) is 25.8. The summed E-state index contributed by atoms with van der Waals surface area (Å²) in [6.45, 7) is 8.46. The van der Waals surface area contributed by atoms with Crippen molar-refractivity contribution in [2.45, 2.75) is 25.9 Å². The topological polar surface area (TPSA) is 75.0 Å². The van der Waals surface area contributed by atoms with Gasteiger partial charge < -0.3 is 24.2 Å². The summed E-state index contributed by atoms with van der Waals surface area (Å²) in [6, 6.07) is 11.9. The molecule has 2 saturated heterocycles. The number of carboxylic acids is 1. The van der Waals surface area contributed by atoms with Crippen LogP contribution in [0.1, 0.15) is 30.1 Å². The SMILES string of the molecule is CCN1CCOCC2(CCCN(C(=O)c3ccc(-n4cccc4)cc3)C2)C1.O=C(O)C(F)(F)F. The van der Waals surface area contributed by atoms with Crippen molar-refractivity contribution in [3.05, 3.63) is 54.4 Å². The van der Waals surface area contributed by atoms with E-state index in [1.54, 1.807) is 0 Å². The summed E-state index contributed by atoms with van der Waals surface area (Å²) in [5.74, 6) is -2.62. The fraction of sp³-hybridized carbons (Fsp3) is 0.500. The highest BCUT2D eigenvalue weighted by atomic mass is 19.4. The molecule has 1 N–H and O–H groups in total. The Hall–Kier alpha value is -2.85. The van der Waals surface area contributed by atoms with Crippen LogP contribution in [0, 0.1) is 5.41 Å². The summed E-state index contributed by atoms with van der Waals surface area (Å²) in [5, 5.41) is 7.12. The van der Waals surface area contributed by atoms with Crippen molar-refractivity contribution in [3.63, 3.8) is 0 Å². The Morgan fingerprint density at radius 3 is 2.32 bits per heavy atom. The molecule has 2 aromatic rings. The third-order valence-corrected chi connectivity index (χ3v) is 6.17. The molecule has 0 saturated carbocycles. The van der Waals surface area contributed by atoms with Crippen LogP contribution in [-0.2, 0) is 9.53 Å². The number of aliphatic carboxylic acids is 1. The summed E-state index contributed by atoms with van der Waals surface area (Å²) in [4.78, 5) is 26.5. The molecular weight excluding hydrogens is 451 g/mol. The number of carboxylic acid groups (broad SMARTS) is 1. The molecule has 2 fully saturated rings. The zero-order valence-corrected chi connectivity index (χ0v) is 19.1. The number of carbonyl (C=O) groups is 2. The first-order valence-electron chi connectivity index (χ1n) is 11.3. The van der Waals surface area contributed by atoms with E-state index < -0.39 is 12.1 Å². The molecule has 1 amide bonds. The van der Waals surface area contributed by atoms with Crippen molar-refractivity contribution in [3.8, 4) is 5.69 Å². The number of amides is 1. The van der Waals surface area contributed by atoms with Gasteiger partial charge >= 0.3 is 12.1 Å². The maximum absolute atomic E-state index is 13.1. The number of piperidine rings is 1. The summed E-state index contributed by atoms with van der Waals surface area (Å²) < 4.78 is 39.7. The minimum absolute atomic E-state index is 0.0749. The molecule has 10 heteroatoms. The third kappa shape index (κ3) is 6.60. The van der Waals surface area contributed by atoms with Crippen molar-refractivity contribution in [1.29, 1.82) is 0 Å². The first-order valence-corrected chi connectivity index (χ1v) is 11.3. The van der Waals surface area contributed by atoms with Gasteiger partial charge in [-0.05, 0) is 55.8 Å². The van der Waals surface area contributed by atoms with Crippen molar-refractivity contribution in [2.24, 2.45) is 5.41 Å². The molecular formula is C24H30F3N3O4. The average molecular weight is 482 g/mol. The van der Waals surface area contributed by atoms with E-state index in [4.69, 9.17) is 14.6 Å². The quantitative estimate of drug-likeness (QED) is 0.724. The molecule has 2 aliphatic rings. The highest BCUT2D eigenvalue weighted by Crippen LogP contribution is 2.33. The number of likely N-dealkylation sites (N-methyl/N-ethyl adjacent to an activating group) is 1. The van der Waals surface area contributed by atoms with Crippen LogP contribution in [0.15, 0.2) is 48.8 Å². The van der Waals surface area contributed by atoms with Gasteiger partial charge in [0.25, 0.3) is 5.91 Å². The fourth-order valence-corrected chi connectivity index (χ4v) is 4.44. The van der Waals surface area contributed by atoms with Gasteiger partial charge in [0.1, 0.15) is 0 Å². The Morgan fingerprint density at radius 2 is 1.74 bits per heavy atom. The second-order valence-electron chi connectivity index (χ2n) is 8.69. The van der Waals surface area contributed by atoms with Gasteiger partial charge in [-0.1, -0.05) is 6.92 Å². The number of alkyl halides is 3. The Kier molecular flexibility index (Phi) is 8.37. The lowest BCUT2D eigenvalue weighted by atomic mass is 9.80. The lowest BCUT2D eigenvalue weighted by Gasteiger charge is -2.43. The van der Waals surface area contributed by atoms with Crippen molar-refractivity contribution in [1.82, 2.24) is 14.4 Å². The van der Waals surface area contributed by atoms with Crippen LogP contribution in [0.2, 0.25) is 0 Å². The molecule has 2 aliphatic heterocycles. The maximum Gasteiger partial charge on any atom is 0.490 e. The number of halogens is 3. The van der Waals surface area contributed by atoms with E-state index in [2.05, 4.69) is 11.8 Å². The molecule has 4 rings (SSSR count). The zero-order valence-electron chi connectivity index (χ0n) is 19.1. The number of hydrogen-bond acceptors (Lipinski definition) is 4. The lowest BCUT2D eigenvalue weighted by Crippen LogP contribution is -2.52. The Bertz CT molecular complexity index is 947. The van der Waals surface area contributed by atoms with E-state index in [1.165, 1.54) is 0 Å². The highest BCUT2D eigenvalue weighted by molar-refractivity contribution is 5.94. The molecule has 3 heterocycles. The zero-order chi connectivity index (χ0) is 24.8. The number of likely N-dealkylation sites (tertiary alicyclic amines) is 1. The van der Waals surface area contributed by atoms with Crippen molar-refractivity contribution >= 4 is 11.9 Å². The standard InChI is InChI=1S/C22H29N3O2.C2HF3O2/c1-2-23-14-15-27-18-22(16-23)10-5-13-25(17-22)21(26)19-6-8-20(9-7-19)24-11-3-4-12-24;3-2(4,5)1(6)7/h3-4,6-9,11-12H,2,5,10,13-18H2,1H3;(H,6,7). The molecule has 0 aliphatic carbocycles. The van der Waals surface area contributed by atoms with E-state index in [-0.39, 0.29) is 11.3 Å². The molecule has 1 atom stereocenters. The van der Waals surface area contributed by atoms with Crippen LogP contribution in [0.3, 0.4) is 0 Å². The van der Waals surface area contributed by atoms with Gasteiger partial charge in [0.05, 0.1) is 13.2 Å². The summed E-state index contributed by atoms with van der Waals surface area (Å²) in [7, 11) is 0. The largest absolute Gasteiger partial charge is 0.490 e. The number of benzene rings is 1. The van der Waals surface area contributed by atoms with Gasteiger partial charge in [0.15, 0.2) is 0 Å². The van der Waals surface area contributed by atoms with Gasteiger partial charge in [-0.2, -0.15) is 13.2 Å². The summed E-state index contributed by atoms with van der Waals surface area (Å²) in [5.41, 5.74) is 1.91. The molecule has 0 bridgehead atoms. The Labute approximate surface area is 196 Å². The van der Waals surface area contributed by atoms with Gasteiger partial charge in [0.2, 0.25) is 0 Å². The van der Waals surface area contributed by atoms with Crippen LogP contribution in [0.4, 0.5) is 13.2 Å². The highest BCUT2D eigenvalue weighted by Gasteiger charge is 2.40. The molecule has 186 valence electrons. The third-order valence-electron chi connectivity index (χ3n) is 6.17.